The van der Waals surface area contributed by atoms with E-state index in [1.54, 1.807) is 13.2 Å². The summed E-state index contributed by atoms with van der Waals surface area (Å²) < 4.78 is 5.48. The van der Waals surface area contributed by atoms with Crippen LogP contribution in [0.25, 0.3) is 0 Å². The van der Waals surface area contributed by atoms with E-state index in [2.05, 4.69) is 34.8 Å². The van der Waals surface area contributed by atoms with Crippen molar-refractivity contribution in [3.63, 3.8) is 0 Å². The lowest BCUT2D eigenvalue weighted by Crippen LogP contribution is -2.51. The van der Waals surface area contributed by atoms with Gasteiger partial charge < -0.3 is 19.5 Å². The third-order valence-electron chi connectivity index (χ3n) is 5.38. The van der Waals surface area contributed by atoms with Gasteiger partial charge in [-0.05, 0) is 25.0 Å². The summed E-state index contributed by atoms with van der Waals surface area (Å²) in [7, 11) is 1.68. The zero-order chi connectivity index (χ0) is 22.2. The van der Waals surface area contributed by atoms with Crippen LogP contribution in [0.3, 0.4) is 0 Å². The Balaban J connectivity index is 1.66. The van der Waals surface area contributed by atoms with Crippen LogP contribution < -0.4 is 15.2 Å². The molecule has 1 saturated heterocycles. The first-order valence-corrected chi connectivity index (χ1v) is 11.9. The Morgan fingerprint density at radius 3 is 2.61 bits per heavy atom. The molecule has 3 rings (SSSR count). The fraction of sp³-hybridized carbons (Fsp3) is 0.522. The summed E-state index contributed by atoms with van der Waals surface area (Å²) in [6.45, 7) is 6.98. The van der Waals surface area contributed by atoms with E-state index in [1.165, 1.54) is 11.8 Å². The molecule has 1 atom stereocenters. The number of rotatable bonds is 9. The zero-order valence-electron chi connectivity index (χ0n) is 18.6. The Labute approximate surface area is 188 Å². The third kappa shape index (κ3) is 6.03. The van der Waals surface area contributed by atoms with Crippen LogP contribution in [0.2, 0.25) is 0 Å². The monoisotopic (exact) mass is 444 g/mol. The summed E-state index contributed by atoms with van der Waals surface area (Å²) >= 11 is 1.38. The number of carbonyl (C=O) groups excluding carboxylic acids is 1. The minimum absolute atomic E-state index is 0.120. The minimum Gasteiger partial charge on any atom is -0.495 e. The summed E-state index contributed by atoms with van der Waals surface area (Å²) in [5.41, 5.74) is 1.68. The Hall–Kier alpha value is -2.48. The molecule has 1 amide bonds. The Morgan fingerprint density at radius 2 is 1.94 bits per heavy atom. The zero-order valence-corrected chi connectivity index (χ0v) is 19.4. The van der Waals surface area contributed by atoms with Crippen LogP contribution in [0.1, 0.15) is 38.8 Å². The number of thioether (sulfide) groups is 1. The molecule has 1 aromatic heterocycles. The van der Waals surface area contributed by atoms with Crippen LogP contribution in [0.5, 0.6) is 5.75 Å². The quantitative estimate of drug-likeness (QED) is 0.472. The van der Waals surface area contributed by atoms with Gasteiger partial charge in [0.05, 0.1) is 18.0 Å². The highest BCUT2D eigenvalue weighted by Gasteiger charge is 2.29. The highest BCUT2D eigenvalue weighted by atomic mass is 32.2. The van der Waals surface area contributed by atoms with Gasteiger partial charge in [0, 0.05) is 37.9 Å². The molecule has 2 heterocycles. The van der Waals surface area contributed by atoms with Crippen molar-refractivity contribution in [3.8, 4) is 5.75 Å². The van der Waals surface area contributed by atoms with E-state index < -0.39 is 0 Å². The summed E-state index contributed by atoms with van der Waals surface area (Å²) in [6.07, 6.45) is 3.32. The normalized spacial score (nSPS) is 15.1. The highest BCUT2D eigenvalue weighted by Crippen LogP contribution is 2.29. The smallest absolute Gasteiger partial charge is 0.251 e. The van der Waals surface area contributed by atoms with Crippen molar-refractivity contribution in [2.75, 3.05) is 38.2 Å². The first-order valence-electron chi connectivity index (χ1n) is 11.0. The maximum atomic E-state index is 13.3. The molecule has 0 bridgehead atoms. The van der Waals surface area contributed by atoms with E-state index >= 15 is 0 Å². The predicted molar refractivity (Wildman–Crippen MR) is 125 cm³/mol. The van der Waals surface area contributed by atoms with E-state index in [4.69, 9.17) is 4.74 Å². The number of hydrogen-bond donors (Lipinski definition) is 1. The summed E-state index contributed by atoms with van der Waals surface area (Å²) in [5.74, 6) is 0.971. The van der Waals surface area contributed by atoms with Gasteiger partial charge in [0.2, 0.25) is 5.91 Å². The second kappa shape index (κ2) is 11.2. The molecule has 1 fully saturated rings. The lowest BCUT2D eigenvalue weighted by Gasteiger charge is -2.37. The van der Waals surface area contributed by atoms with Gasteiger partial charge in [0.15, 0.2) is 5.16 Å². The molecule has 0 aliphatic carbocycles. The van der Waals surface area contributed by atoms with Crippen LogP contribution in [-0.4, -0.2) is 59.3 Å². The predicted octanol–water partition coefficient (Wildman–Crippen LogP) is 3.34. The Bertz CT molecular complexity index is 925. The second-order valence-electron chi connectivity index (χ2n) is 7.67. The molecule has 2 aromatic rings. The molecule has 1 N–H and O–H groups in total. The lowest BCUT2D eigenvalue weighted by molar-refractivity contribution is -0.131. The number of methoxy groups -OCH3 is 1. The van der Waals surface area contributed by atoms with Gasteiger partial charge in [0.1, 0.15) is 5.75 Å². The molecule has 0 radical (unpaired) electrons. The molecule has 0 saturated carbocycles. The Morgan fingerprint density at radius 1 is 1.19 bits per heavy atom. The average Bonchev–Trinajstić information content (AvgIpc) is 2.78. The number of ether oxygens (including phenoxy) is 1. The van der Waals surface area contributed by atoms with Crippen LogP contribution >= 0.6 is 11.8 Å². The topological polar surface area (TPSA) is 78.5 Å². The standard InChI is InChI=1S/C23H32N4O3S/c1-4-8-17-16-21(28)25-23(24-17)31-20(9-5-2)22(29)27-14-12-26(13-15-27)18-10-6-7-11-19(18)30-3/h6-7,10-11,16,20H,4-5,8-9,12-15H2,1-3H3,(H,24,25,28). The number of piperazine rings is 1. The van der Waals surface area contributed by atoms with Crippen molar-refractivity contribution < 1.29 is 9.53 Å². The van der Waals surface area contributed by atoms with Crippen LogP contribution in [0.4, 0.5) is 5.69 Å². The molecule has 1 aliphatic rings. The van der Waals surface area contributed by atoms with Crippen molar-refractivity contribution in [2.24, 2.45) is 0 Å². The number of amides is 1. The average molecular weight is 445 g/mol. The fourth-order valence-corrected chi connectivity index (χ4v) is 5.02. The number of hydrogen-bond acceptors (Lipinski definition) is 6. The second-order valence-corrected chi connectivity index (χ2v) is 8.86. The van der Waals surface area contributed by atoms with Gasteiger partial charge in [-0.3, -0.25) is 9.59 Å². The van der Waals surface area contributed by atoms with E-state index in [9.17, 15) is 9.59 Å². The van der Waals surface area contributed by atoms with Crippen molar-refractivity contribution in [1.29, 1.82) is 0 Å². The number of carbonyl (C=O) groups is 1. The van der Waals surface area contributed by atoms with Crippen LogP contribution in [0, 0.1) is 0 Å². The summed E-state index contributed by atoms with van der Waals surface area (Å²) in [4.78, 5) is 36.9. The van der Waals surface area contributed by atoms with Gasteiger partial charge in [0.25, 0.3) is 5.56 Å². The number of benzene rings is 1. The molecular weight excluding hydrogens is 412 g/mol. The van der Waals surface area contributed by atoms with Gasteiger partial charge in [-0.15, -0.1) is 0 Å². The van der Waals surface area contributed by atoms with Crippen LogP contribution in [0.15, 0.2) is 40.3 Å². The number of aryl methyl sites for hydroxylation is 1. The van der Waals surface area contributed by atoms with Crippen molar-refractivity contribution in [2.45, 2.75) is 49.9 Å². The van der Waals surface area contributed by atoms with Gasteiger partial charge in [-0.1, -0.05) is 50.6 Å². The SMILES string of the molecule is CCCc1cc(=O)[nH]c(SC(CCC)C(=O)N2CCN(c3ccccc3OC)CC2)n1. The first-order chi connectivity index (χ1) is 15.0. The molecule has 1 aliphatic heterocycles. The van der Waals surface area contributed by atoms with Crippen molar-refractivity contribution >= 4 is 23.4 Å². The number of anilines is 1. The van der Waals surface area contributed by atoms with E-state index in [1.807, 2.05) is 23.1 Å². The van der Waals surface area contributed by atoms with E-state index in [0.717, 1.165) is 55.9 Å². The summed E-state index contributed by atoms with van der Waals surface area (Å²) in [6, 6.07) is 9.52. The number of H-pyrrole nitrogens is 1. The van der Waals surface area contributed by atoms with Crippen LogP contribution in [-0.2, 0) is 11.2 Å². The number of aromatic amines is 1. The number of nitrogens with zero attached hydrogens (tertiary/aromatic N) is 3. The van der Waals surface area contributed by atoms with Gasteiger partial charge in [-0.2, -0.15) is 0 Å². The highest BCUT2D eigenvalue weighted by molar-refractivity contribution is 8.00. The van der Waals surface area contributed by atoms with Crippen molar-refractivity contribution in [3.05, 3.63) is 46.4 Å². The maximum absolute atomic E-state index is 13.3. The molecular formula is C23H32N4O3S. The third-order valence-corrected chi connectivity index (χ3v) is 6.51. The van der Waals surface area contributed by atoms with E-state index in [-0.39, 0.29) is 16.7 Å². The number of aromatic nitrogens is 2. The summed E-state index contributed by atoms with van der Waals surface area (Å²) in [5, 5.41) is 0.290. The van der Waals surface area contributed by atoms with E-state index in [0.29, 0.717) is 18.2 Å². The first kappa shape index (κ1) is 23.2. The fourth-order valence-electron chi connectivity index (χ4n) is 3.82. The Kier molecular flexibility index (Phi) is 8.40. The molecule has 1 aromatic carbocycles. The molecule has 8 heteroatoms. The molecule has 31 heavy (non-hydrogen) atoms. The maximum Gasteiger partial charge on any atom is 0.251 e. The van der Waals surface area contributed by atoms with Gasteiger partial charge in [-0.25, -0.2) is 4.98 Å². The largest absolute Gasteiger partial charge is 0.495 e. The minimum atomic E-state index is -0.247. The lowest BCUT2D eigenvalue weighted by atomic mass is 10.2. The number of nitrogens with one attached hydrogen (secondary N) is 1. The molecule has 168 valence electrons. The van der Waals surface area contributed by atoms with Gasteiger partial charge >= 0.3 is 0 Å². The molecule has 0 spiro atoms. The molecule has 1 unspecified atom stereocenters. The van der Waals surface area contributed by atoms with Crippen molar-refractivity contribution in [1.82, 2.24) is 14.9 Å². The number of para-hydroxylation sites is 2. The molecule has 7 nitrogen and oxygen atoms in total.